The van der Waals surface area contributed by atoms with E-state index >= 15 is 0 Å². The van der Waals surface area contributed by atoms with Gasteiger partial charge in [0.25, 0.3) is 11.8 Å². The molecule has 2 saturated heterocycles. The van der Waals surface area contributed by atoms with Crippen LogP contribution in [0.2, 0.25) is 5.15 Å². The van der Waals surface area contributed by atoms with E-state index in [4.69, 9.17) is 58.2 Å². The van der Waals surface area contributed by atoms with E-state index in [2.05, 4.69) is 61.5 Å². The molecule has 0 atom stereocenters. The summed E-state index contributed by atoms with van der Waals surface area (Å²) in [5.74, 6) is 2.20. The molecular weight excluding hydrogens is 1230 g/mol. The molecule has 6 amide bonds. The van der Waals surface area contributed by atoms with Crippen LogP contribution in [0.25, 0.3) is 22.8 Å². The second kappa shape index (κ2) is 35.7. The molecule has 32 heteroatoms. The zero-order valence-corrected chi connectivity index (χ0v) is 54.8. The maximum Gasteiger partial charge on any atom is 1.00 e. The van der Waals surface area contributed by atoms with Crippen LogP contribution in [0.4, 0.5) is 38.2 Å². The minimum Gasteiger partial charge on any atom is -1.00 e. The number of para-hydroxylation sites is 2. The molecule has 28 nitrogen and oxygen atoms in total. The van der Waals surface area contributed by atoms with Crippen molar-refractivity contribution in [2.24, 2.45) is 30.7 Å². The molecule has 478 valence electrons. The van der Waals surface area contributed by atoms with Crippen molar-refractivity contribution in [3.05, 3.63) is 77.7 Å². The second-order valence-electron chi connectivity index (χ2n) is 20.8. The number of aryl methyl sites for hydroxylation is 2. The van der Waals surface area contributed by atoms with E-state index in [-0.39, 0.29) is 82.8 Å². The van der Waals surface area contributed by atoms with Crippen molar-refractivity contribution in [1.29, 1.82) is 0 Å². The van der Waals surface area contributed by atoms with Crippen LogP contribution in [0.3, 0.4) is 0 Å². The van der Waals surface area contributed by atoms with Crippen molar-refractivity contribution in [2.75, 3.05) is 88.2 Å². The summed E-state index contributed by atoms with van der Waals surface area (Å²) < 4.78 is 58.1. The number of alkyl halides is 2. The zero-order valence-electron chi connectivity index (χ0n) is 57.5. The Kier molecular flexibility index (Phi) is 24.9. The summed E-state index contributed by atoms with van der Waals surface area (Å²) in [6, 6.07) is 14.7. The van der Waals surface area contributed by atoms with Crippen molar-refractivity contribution in [3.8, 4) is 34.3 Å². The fourth-order valence-electron chi connectivity index (χ4n) is 8.71. The number of rotatable bonds is 20. The summed E-state index contributed by atoms with van der Waals surface area (Å²) in [5, 5.41) is 36.7. The molecule has 12 rings (SSSR count). The topological polar surface area (TPSA) is 342 Å². The fourth-order valence-corrected chi connectivity index (χ4v) is 9.08. The molecule has 90 heavy (non-hydrogen) atoms. The zero-order chi connectivity index (χ0) is 69.0. The van der Waals surface area contributed by atoms with E-state index in [0.29, 0.717) is 101 Å². The summed E-state index contributed by atoms with van der Waals surface area (Å²) in [6.45, 7) is -2.27. The van der Waals surface area contributed by atoms with Gasteiger partial charge in [-0.05, 0) is 88.0 Å². The van der Waals surface area contributed by atoms with Gasteiger partial charge in [0.05, 0.1) is 54.6 Å². The number of Topliss-reactive ketones (excluding diaryl/α,β-unsaturated/α-hetero) is 1. The molecule has 7 N–H and O–H groups in total. The molecule has 4 saturated carbocycles. The van der Waals surface area contributed by atoms with Gasteiger partial charge >= 0.3 is 41.6 Å². The summed E-state index contributed by atoms with van der Waals surface area (Å²) >= 11 is 16.5. The van der Waals surface area contributed by atoms with Gasteiger partial charge in [0.2, 0.25) is 6.08 Å². The van der Waals surface area contributed by atoms with Crippen molar-refractivity contribution >= 4 is 99.1 Å². The smallest absolute Gasteiger partial charge is 1.00 e. The van der Waals surface area contributed by atoms with Gasteiger partial charge in [-0.2, -0.15) is 10.2 Å². The van der Waals surface area contributed by atoms with Crippen LogP contribution in [-0.4, -0.2) is 186 Å². The van der Waals surface area contributed by atoms with E-state index in [9.17, 15) is 28.8 Å². The molecule has 0 spiro atoms. The number of hydrogen-bond donors (Lipinski definition) is 6. The minimum atomic E-state index is -2.73. The van der Waals surface area contributed by atoms with Gasteiger partial charge in [0, 0.05) is 117 Å². The second-order valence-corrected chi connectivity index (χ2v) is 21.9. The number of aliphatic imine (C=N–C) groups is 1. The molecule has 0 unspecified atom stereocenters. The number of carbonyl (C=O) groups is 5. The number of benzene rings is 2. The van der Waals surface area contributed by atoms with Crippen LogP contribution in [0.15, 0.2) is 66.2 Å². The van der Waals surface area contributed by atoms with Gasteiger partial charge < -0.3 is 53.0 Å². The number of ether oxygens (including phenoxy) is 2. The van der Waals surface area contributed by atoms with Gasteiger partial charge in [-0.3, -0.25) is 28.6 Å². The van der Waals surface area contributed by atoms with E-state index in [0.717, 1.165) is 44.7 Å². The van der Waals surface area contributed by atoms with Crippen LogP contribution in [-0.2, 0) is 23.7 Å². The van der Waals surface area contributed by atoms with Gasteiger partial charge in [-0.1, -0.05) is 23.7 Å². The minimum absolute atomic E-state index is 0. The van der Waals surface area contributed by atoms with Crippen molar-refractivity contribution in [1.82, 2.24) is 75.7 Å². The van der Waals surface area contributed by atoms with Gasteiger partial charge in [0.15, 0.2) is 45.5 Å². The predicted octanol–water partition coefficient (Wildman–Crippen LogP) is 4.16. The molecule has 4 aliphatic carbocycles. The molecule has 6 aromatic rings. The summed E-state index contributed by atoms with van der Waals surface area (Å²) in [7, 11) is 6.45. The first-order chi connectivity index (χ1) is 45.3. The first kappa shape index (κ1) is 62.6. The number of urea groups is 2. The average molecular weight is 1320 g/mol. The Morgan fingerprint density at radius 3 is 1.73 bits per heavy atom. The number of isocyanates is 1. The standard InChI is InChI=1S/C22H25N9O3.C16H16ClN7O2.C8H13ClO.C6H10N2O.C3H4ClNO.C3H7N.Na.H/c1-23-21(32)18-16(11-17(26-27-18)31-10-9-30(22(31)33)13-7-8-13)25-15-6-4-5-14(19(15)34-3)20-24-12-29(2)28-20;1-18-16(25)13-11(7-12(17)21-22-13)20-10-6-4-5-9(14(10)26-3)15-19-8-24(2)23-15;9-5-1-2-8(10)6-7-3-4-7;9-6-7-3-4-8(6)5-1-2-5;4-1-2-5-3-6;4-3-1-2-3;;/h4-6,11-13H,7-10H2,1-3H3,(H,23,32)(H,25,26);4-8H,1-3H3,(H,18,25)(H,20,21);7H,1-6H2;5H,1-4H2,(H,7,9);1-2H2;3H,1-2,4H2;;/q;;;;;;+1;-1/i2*1D3;;;;;;. The molecule has 4 aromatic heterocycles. The monoisotopic (exact) mass is 1310 g/mol. The summed E-state index contributed by atoms with van der Waals surface area (Å²) in [6.07, 6.45) is 16.3. The Morgan fingerprint density at radius 2 is 1.30 bits per heavy atom. The predicted molar refractivity (Wildman–Crippen MR) is 338 cm³/mol. The largest absolute Gasteiger partial charge is 1.00 e. The number of carbonyl (C=O) groups excluding carboxylic acids is 6. The summed E-state index contributed by atoms with van der Waals surface area (Å²) in [4.78, 5) is 86.0. The normalized spacial score (nSPS) is 16.4. The third-order valence-corrected chi connectivity index (χ3v) is 14.3. The molecular formula is C58H76Cl3N20NaO8. The molecule has 2 aromatic carbocycles. The van der Waals surface area contributed by atoms with Crippen LogP contribution >= 0.6 is 34.8 Å². The van der Waals surface area contributed by atoms with Crippen LogP contribution in [0, 0.1) is 5.92 Å². The first-order valence-electron chi connectivity index (χ1n) is 31.5. The van der Waals surface area contributed by atoms with Gasteiger partial charge in [-0.15, -0.1) is 43.6 Å². The van der Waals surface area contributed by atoms with E-state index in [1.807, 2.05) is 15.5 Å². The maximum absolute atomic E-state index is 12.9. The molecule has 0 radical (unpaired) electrons. The van der Waals surface area contributed by atoms with Crippen LogP contribution in [0.1, 0.15) is 101 Å². The third kappa shape index (κ3) is 21.3. The number of halogens is 3. The quantitative estimate of drug-likeness (QED) is 0.0270. The van der Waals surface area contributed by atoms with Gasteiger partial charge in [0.1, 0.15) is 18.4 Å². The van der Waals surface area contributed by atoms with Crippen LogP contribution in [0.5, 0.6) is 11.5 Å². The van der Waals surface area contributed by atoms with Crippen LogP contribution < -0.4 is 76.2 Å². The molecule has 6 heterocycles. The maximum atomic E-state index is 12.9. The number of aromatic nitrogens is 10. The Hall–Kier alpha value is -7.56. The number of anilines is 5. The van der Waals surface area contributed by atoms with Crippen molar-refractivity contribution in [2.45, 2.75) is 88.8 Å². The Labute approximate surface area is 568 Å². The first-order valence-corrected chi connectivity index (χ1v) is 30.0. The number of nitrogens with zero attached hydrogens (tertiary/aromatic N) is 14. The number of ketones is 1. The Bertz CT molecular complexity index is 3670. The number of methoxy groups -OCH3 is 2. The van der Waals surface area contributed by atoms with E-state index < -0.39 is 25.8 Å². The fraction of sp³-hybridized carbons (Fsp3) is 0.483. The Balaban J connectivity index is 0.000000247. The average Bonchev–Trinajstić information content (AvgIpc) is 1.46. The third-order valence-electron chi connectivity index (χ3n) is 13.7. The SMILES string of the molecule is NC1CC1.O=C(CCCCl)CC1CC1.O=C1NCCN1C1CC1.O=C=NCCCl.[2H]C([2H])([2H])NC(=O)c1nnc(Cl)cc1Nc1cccc(-c2ncn(C)n2)c1OC.[2H]C([2H])([2H])NC(=O)c1nnc(N2CCN(C3CC3)C2=O)cc1Nc1cccc(-c2ncn(C)n2)c1OC.[H-].[Na+]. The van der Waals surface area contributed by atoms with E-state index in [1.54, 1.807) is 77.4 Å². The number of nitrogens with two attached hydrogens (primary N) is 1. The molecule has 0 bridgehead atoms. The van der Waals surface area contributed by atoms with Gasteiger partial charge in [-0.25, -0.2) is 29.3 Å². The van der Waals surface area contributed by atoms with Crippen molar-refractivity contribution in [3.63, 3.8) is 0 Å². The Morgan fingerprint density at radius 1 is 0.756 bits per heavy atom. The molecule has 6 fully saturated rings. The number of amides is 6. The molecule has 6 aliphatic rings. The molecule has 2 aliphatic heterocycles. The summed E-state index contributed by atoms with van der Waals surface area (Å²) in [5.41, 5.74) is 7.14. The van der Waals surface area contributed by atoms with E-state index in [1.165, 1.54) is 75.9 Å². The van der Waals surface area contributed by atoms with Crippen molar-refractivity contribution < 1.29 is 77.4 Å². The number of nitrogens with one attached hydrogen (secondary N) is 5. The number of hydrogen-bond acceptors (Lipinski definition) is 20.